The van der Waals surface area contributed by atoms with Crippen LogP contribution in [0.2, 0.25) is 0 Å². The predicted molar refractivity (Wildman–Crippen MR) is 58.3 cm³/mol. The highest BCUT2D eigenvalue weighted by molar-refractivity contribution is 7.89. The topological polar surface area (TPSA) is 66.4 Å². The molecular formula is C10H11F4NO3S. The second-order valence-corrected chi connectivity index (χ2v) is 5.53. The summed E-state index contributed by atoms with van der Waals surface area (Å²) < 4.78 is 76.2. The molecule has 0 unspecified atom stereocenters. The second-order valence-electron chi connectivity index (χ2n) is 3.84. The van der Waals surface area contributed by atoms with Crippen LogP contribution in [-0.4, -0.2) is 26.2 Å². The van der Waals surface area contributed by atoms with Crippen molar-refractivity contribution >= 4 is 10.0 Å². The van der Waals surface area contributed by atoms with Gasteiger partial charge in [-0.25, -0.2) is 17.5 Å². The Balaban J connectivity index is 3.35. The zero-order chi connectivity index (χ0) is 14.8. The summed E-state index contributed by atoms with van der Waals surface area (Å²) in [5.74, 6) is -1.19. The molecule has 0 spiro atoms. The van der Waals surface area contributed by atoms with Crippen LogP contribution in [0.15, 0.2) is 23.1 Å². The van der Waals surface area contributed by atoms with Crippen LogP contribution in [-0.2, 0) is 16.2 Å². The Morgan fingerprint density at radius 3 is 2.42 bits per heavy atom. The van der Waals surface area contributed by atoms with Crippen molar-refractivity contribution in [1.82, 2.24) is 4.72 Å². The van der Waals surface area contributed by atoms with Crippen LogP contribution in [0.3, 0.4) is 0 Å². The summed E-state index contributed by atoms with van der Waals surface area (Å²) in [6.45, 7) is 0.691. The first kappa shape index (κ1) is 15.9. The molecule has 0 aliphatic heterocycles. The maximum atomic E-state index is 12.8. The zero-order valence-corrected chi connectivity index (χ0v) is 10.5. The van der Waals surface area contributed by atoms with Crippen LogP contribution in [0.1, 0.15) is 12.5 Å². The highest BCUT2D eigenvalue weighted by Gasteiger charge is 2.37. The van der Waals surface area contributed by atoms with Gasteiger partial charge < -0.3 is 5.11 Å². The van der Waals surface area contributed by atoms with Gasteiger partial charge in [0.1, 0.15) is 5.82 Å². The molecule has 108 valence electrons. The fourth-order valence-corrected chi connectivity index (χ4v) is 2.77. The largest absolute Gasteiger partial charge is 0.417 e. The van der Waals surface area contributed by atoms with Gasteiger partial charge in [0.25, 0.3) is 0 Å². The summed E-state index contributed by atoms with van der Waals surface area (Å²) in [5.41, 5.74) is -1.59. The normalized spacial score (nSPS) is 14.4. The molecule has 0 heterocycles. The van der Waals surface area contributed by atoms with Crippen molar-refractivity contribution in [2.24, 2.45) is 0 Å². The summed E-state index contributed by atoms with van der Waals surface area (Å²) in [5, 5.41) is 8.71. The molecule has 1 atom stereocenters. The van der Waals surface area contributed by atoms with Crippen molar-refractivity contribution in [2.45, 2.75) is 24.0 Å². The van der Waals surface area contributed by atoms with Crippen molar-refractivity contribution in [3.63, 3.8) is 0 Å². The van der Waals surface area contributed by atoms with Gasteiger partial charge in [0.15, 0.2) is 0 Å². The quantitative estimate of drug-likeness (QED) is 0.828. The van der Waals surface area contributed by atoms with Gasteiger partial charge in [0.2, 0.25) is 10.0 Å². The molecule has 0 aliphatic carbocycles. The molecule has 0 amide bonds. The minimum atomic E-state index is -5.01. The van der Waals surface area contributed by atoms with E-state index in [0.29, 0.717) is 12.1 Å². The lowest BCUT2D eigenvalue weighted by molar-refractivity contribution is -0.140. The van der Waals surface area contributed by atoms with Crippen LogP contribution in [0.25, 0.3) is 0 Å². The molecule has 0 radical (unpaired) electrons. The first-order valence-electron chi connectivity index (χ1n) is 5.08. The number of rotatable bonds is 4. The molecular weight excluding hydrogens is 290 g/mol. The maximum absolute atomic E-state index is 12.8. The number of aliphatic hydroxyl groups is 1. The van der Waals surface area contributed by atoms with Gasteiger partial charge >= 0.3 is 6.18 Å². The van der Waals surface area contributed by atoms with Gasteiger partial charge in [-0.2, -0.15) is 13.2 Å². The Kier molecular flexibility index (Phi) is 4.54. The van der Waals surface area contributed by atoms with E-state index in [9.17, 15) is 26.0 Å². The van der Waals surface area contributed by atoms with E-state index in [-0.39, 0.29) is 6.07 Å². The number of benzene rings is 1. The lowest BCUT2D eigenvalue weighted by Gasteiger charge is -2.16. The Morgan fingerprint density at radius 2 is 1.95 bits per heavy atom. The highest BCUT2D eigenvalue weighted by atomic mass is 32.2. The molecule has 0 saturated carbocycles. The number of hydrogen-bond donors (Lipinski definition) is 2. The summed E-state index contributed by atoms with van der Waals surface area (Å²) in [6, 6.07) is 0.298. The highest BCUT2D eigenvalue weighted by Crippen LogP contribution is 2.34. The van der Waals surface area contributed by atoms with E-state index in [0.717, 1.165) is 0 Å². The first-order chi connectivity index (χ1) is 8.58. The molecule has 9 heteroatoms. The van der Waals surface area contributed by atoms with Crippen LogP contribution >= 0.6 is 0 Å². The van der Waals surface area contributed by atoms with Gasteiger partial charge in [-0.05, 0) is 25.1 Å². The van der Waals surface area contributed by atoms with E-state index in [4.69, 9.17) is 5.11 Å². The second kappa shape index (κ2) is 5.43. The van der Waals surface area contributed by atoms with Gasteiger partial charge in [0.05, 0.1) is 17.1 Å². The van der Waals surface area contributed by atoms with Crippen LogP contribution in [0, 0.1) is 5.82 Å². The van der Waals surface area contributed by atoms with E-state index in [1.165, 1.54) is 6.92 Å². The zero-order valence-electron chi connectivity index (χ0n) is 9.70. The lowest BCUT2D eigenvalue weighted by atomic mass is 10.2. The Hall–Kier alpha value is -1.19. The van der Waals surface area contributed by atoms with Crippen molar-refractivity contribution in [2.75, 3.05) is 6.61 Å². The SMILES string of the molecule is C[C@H](CO)NS(=O)(=O)c1ccc(F)cc1C(F)(F)F. The standard InChI is InChI=1S/C10H11F4NO3S/c1-6(5-16)15-19(17,18)9-3-2-7(11)4-8(9)10(12,13)14/h2-4,6,15-16H,5H2,1H3/t6-/m1/s1. The fourth-order valence-electron chi connectivity index (χ4n) is 1.32. The van der Waals surface area contributed by atoms with E-state index in [1.807, 2.05) is 4.72 Å². The summed E-state index contributed by atoms with van der Waals surface area (Å²) in [7, 11) is -4.50. The Labute approximate surface area is 107 Å². The molecule has 0 saturated heterocycles. The third-order valence-corrected chi connectivity index (χ3v) is 3.81. The first-order valence-corrected chi connectivity index (χ1v) is 6.56. The van der Waals surface area contributed by atoms with E-state index < -0.39 is 45.1 Å². The van der Waals surface area contributed by atoms with Gasteiger partial charge in [-0.1, -0.05) is 0 Å². The van der Waals surface area contributed by atoms with Crippen LogP contribution in [0.4, 0.5) is 17.6 Å². The van der Waals surface area contributed by atoms with Crippen molar-refractivity contribution in [3.8, 4) is 0 Å². The molecule has 1 rings (SSSR count). The van der Waals surface area contributed by atoms with Gasteiger partial charge in [-0.15, -0.1) is 0 Å². The van der Waals surface area contributed by atoms with Gasteiger partial charge in [-0.3, -0.25) is 0 Å². The number of aliphatic hydroxyl groups excluding tert-OH is 1. The molecule has 0 aliphatic rings. The summed E-state index contributed by atoms with van der Waals surface area (Å²) in [6.07, 6.45) is -5.01. The molecule has 1 aromatic rings. The third kappa shape index (κ3) is 3.88. The number of sulfonamides is 1. The molecule has 0 fully saturated rings. The molecule has 19 heavy (non-hydrogen) atoms. The average Bonchev–Trinajstić information content (AvgIpc) is 2.26. The number of halogens is 4. The minimum absolute atomic E-state index is 0.109. The monoisotopic (exact) mass is 301 g/mol. The third-order valence-electron chi connectivity index (χ3n) is 2.17. The minimum Gasteiger partial charge on any atom is -0.395 e. The number of alkyl halides is 3. The Morgan fingerprint density at radius 1 is 1.37 bits per heavy atom. The van der Waals surface area contributed by atoms with E-state index in [1.54, 1.807) is 0 Å². The predicted octanol–water partition coefficient (Wildman–Crippen LogP) is 1.50. The lowest BCUT2D eigenvalue weighted by Crippen LogP contribution is -2.36. The smallest absolute Gasteiger partial charge is 0.395 e. The number of hydrogen-bond acceptors (Lipinski definition) is 3. The Bertz CT molecular complexity index is 556. The molecule has 0 aromatic heterocycles. The van der Waals surface area contributed by atoms with Crippen LogP contribution in [0.5, 0.6) is 0 Å². The molecule has 2 N–H and O–H groups in total. The maximum Gasteiger partial charge on any atom is 0.417 e. The van der Waals surface area contributed by atoms with Crippen molar-refractivity contribution in [1.29, 1.82) is 0 Å². The van der Waals surface area contributed by atoms with Crippen molar-refractivity contribution in [3.05, 3.63) is 29.6 Å². The van der Waals surface area contributed by atoms with Crippen molar-refractivity contribution < 1.29 is 31.1 Å². The van der Waals surface area contributed by atoms with E-state index in [2.05, 4.69) is 0 Å². The van der Waals surface area contributed by atoms with E-state index >= 15 is 0 Å². The summed E-state index contributed by atoms with van der Waals surface area (Å²) >= 11 is 0. The fraction of sp³-hybridized carbons (Fsp3) is 0.400. The number of nitrogens with one attached hydrogen (secondary N) is 1. The molecule has 0 bridgehead atoms. The molecule has 4 nitrogen and oxygen atoms in total. The van der Waals surface area contributed by atoms with Gasteiger partial charge in [0, 0.05) is 6.04 Å². The average molecular weight is 301 g/mol. The molecule has 1 aromatic carbocycles. The summed E-state index contributed by atoms with van der Waals surface area (Å²) in [4.78, 5) is -1.08. The van der Waals surface area contributed by atoms with Crippen LogP contribution < -0.4 is 4.72 Å².